The molecule has 1 aromatic heterocycles. The largest absolute Gasteiger partial charge is 0.508 e. The highest BCUT2D eigenvalue weighted by Crippen LogP contribution is 2.40. The number of carbonyl (C=O) groups is 1. The second-order valence-electron chi connectivity index (χ2n) is 7.05. The van der Waals surface area contributed by atoms with Crippen LogP contribution in [0.1, 0.15) is 34.1 Å². The van der Waals surface area contributed by atoms with Gasteiger partial charge in [0.1, 0.15) is 17.6 Å². The van der Waals surface area contributed by atoms with E-state index in [0.29, 0.717) is 23.3 Å². The van der Waals surface area contributed by atoms with Gasteiger partial charge in [-0.3, -0.25) is 4.79 Å². The van der Waals surface area contributed by atoms with E-state index in [1.807, 2.05) is 18.2 Å². The molecule has 0 fully saturated rings. The molecule has 1 aliphatic rings. The number of nitriles is 1. The lowest BCUT2D eigenvalue weighted by molar-refractivity contribution is 0.104. The third-order valence-electron chi connectivity index (χ3n) is 4.85. The highest BCUT2D eigenvalue weighted by Gasteiger charge is 2.23. The molecule has 6 heteroatoms. The summed E-state index contributed by atoms with van der Waals surface area (Å²) in [5, 5.41) is 29.3. The van der Waals surface area contributed by atoms with Gasteiger partial charge in [0.2, 0.25) is 0 Å². The molecule has 0 spiro atoms. The summed E-state index contributed by atoms with van der Waals surface area (Å²) in [6.45, 7) is 1.65. The third-order valence-corrected chi connectivity index (χ3v) is 6.05. The number of ketones is 1. The Morgan fingerprint density at radius 1 is 1.27 bits per heavy atom. The molecule has 0 radical (unpaired) electrons. The van der Waals surface area contributed by atoms with Gasteiger partial charge in [0, 0.05) is 26.1 Å². The van der Waals surface area contributed by atoms with Crippen LogP contribution in [0.5, 0.6) is 11.5 Å². The van der Waals surface area contributed by atoms with Crippen LogP contribution in [0.15, 0.2) is 60.7 Å². The molecular weight excluding hydrogens is 398 g/mol. The molecule has 150 valence electrons. The molecule has 2 aromatic carbocycles. The maximum Gasteiger partial charge on any atom is 0.195 e. The lowest BCUT2D eigenvalue weighted by Gasteiger charge is -2.12. The van der Waals surface area contributed by atoms with E-state index in [-0.39, 0.29) is 11.5 Å². The summed E-state index contributed by atoms with van der Waals surface area (Å²) in [5.74, 6) is 0.529. The van der Waals surface area contributed by atoms with E-state index in [2.05, 4.69) is 0 Å². The summed E-state index contributed by atoms with van der Waals surface area (Å²) >= 11 is 1.44. The third kappa shape index (κ3) is 3.86. The molecule has 4 rings (SSSR count). The van der Waals surface area contributed by atoms with E-state index in [1.54, 1.807) is 55.5 Å². The molecule has 0 bridgehead atoms. The minimum Gasteiger partial charge on any atom is -0.508 e. The highest BCUT2D eigenvalue weighted by molar-refractivity contribution is 7.20. The molecule has 2 N–H and O–H groups in total. The van der Waals surface area contributed by atoms with Crippen LogP contribution in [0.4, 0.5) is 0 Å². The van der Waals surface area contributed by atoms with Gasteiger partial charge in [0.05, 0.1) is 6.10 Å². The van der Waals surface area contributed by atoms with Gasteiger partial charge in [-0.05, 0) is 61.4 Å². The highest BCUT2D eigenvalue weighted by atomic mass is 32.1. The average Bonchev–Trinajstić information content (AvgIpc) is 3.12. The first-order valence-electron chi connectivity index (χ1n) is 9.49. The van der Waals surface area contributed by atoms with E-state index in [1.165, 1.54) is 11.3 Å². The summed E-state index contributed by atoms with van der Waals surface area (Å²) in [6.07, 6.45) is 4.86. The van der Waals surface area contributed by atoms with Crippen LogP contribution >= 0.6 is 11.3 Å². The number of aromatic hydroxyl groups is 1. The zero-order chi connectivity index (χ0) is 21.3. The first-order valence-corrected chi connectivity index (χ1v) is 10.3. The average molecular weight is 417 g/mol. The van der Waals surface area contributed by atoms with Crippen molar-refractivity contribution in [3.63, 3.8) is 0 Å². The normalized spacial score (nSPS) is 16.7. The van der Waals surface area contributed by atoms with Crippen LogP contribution in [0, 0.1) is 11.3 Å². The Kier molecular flexibility index (Phi) is 5.40. The van der Waals surface area contributed by atoms with Gasteiger partial charge in [0.15, 0.2) is 11.9 Å². The smallest absolute Gasteiger partial charge is 0.195 e. The van der Waals surface area contributed by atoms with Gasteiger partial charge in [-0.15, -0.1) is 11.3 Å². The minimum absolute atomic E-state index is 0.137. The summed E-state index contributed by atoms with van der Waals surface area (Å²) < 4.78 is 6.28. The van der Waals surface area contributed by atoms with Crippen LogP contribution in [-0.2, 0) is 0 Å². The van der Waals surface area contributed by atoms with E-state index < -0.39 is 12.2 Å². The van der Waals surface area contributed by atoms with Crippen molar-refractivity contribution in [2.24, 2.45) is 0 Å². The Hall–Kier alpha value is -3.40. The number of phenolic OH excluding ortho intramolecular Hbond substituents is 1. The van der Waals surface area contributed by atoms with Crippen LogP contribution in [0.25, 0.3) is 15.7 Å². The van der Waals surface area contributed by atoms with Gasteiger partial charge in [-0.25, -0.2) is 0 Å². The zero-order valence-electron chi connectivity index (χ0n) is 16.2. The van der Waals surface area contributed by atoms with Gasteiger partial charge in [0.25, 0.3) is 0 Å². The Morgan fingerprint density at radius 3 is 2.70 bits per heavy atom. The molecule has 3 aromatic rings. The molecule has 5 nitrogen and oxygen atoms in total. The van der Waals surface area contributed by atoms with Crippen molar-refractivity contribution < 1.29 is 19.7 Å². The van der Waals surface area contributed by atoms with Crippen molar-refractivity contribution >= 4 is 32.8 Å². The molecule has 2 unspecified atom stereocenters. The lowest BCUT2D eigenvalue weighted by atomic mass is 9.95. The second-order valence-corrected chi connectivity index (χ2v) is 8.10. The summed E-state index contributed by atoms with van der Waals surface area (Å²) in [4.78, 5) is 14.3. The summed E-state index contributed by atoms with van der Waals surface area (Å²) in [7, 11) is 0. The standard InChI is InChI=1S/C24H19NO4S/c1-14(13-25)29-19-9-4-15(5-10-19)23(28)22-20-11-8-18(27)12-21(20)30-24(22)16-2-6-17(26)7-3-16/h2-6,8-12,14,17,26-27H,7H2,1H3. The predicted molar refractivity (Wildman–Crippen MR) is 117 cm³/mol. The second kappa shape index (κ2) is 8.15. The van der Waals surface area contributed by atoms with E-state index in [9.17, 15) is 15.0 Å². The lowest BCUT2D eigenvalue weighted by Crippen LogP contribution is -2.09. The summed E-state index contributed by atoms with van der Waals surface area (Å²) in [6, 6.07) is 13.7. The van der Waals surface area contributed by atoms with Gasteiger partial charge in [-0.1, -0.05) is 18.2 Å². The van der Waals surface area contributed by atoms with Crippen molar-refractivity contribution in [2.45, 2.75) is 25.6 Å². The van der Waals surface area contributed by atoms with Gasteiger partial charge >= 0.3 is 0 Å². The van der Waals surface area contributed by atoms with Crippen LogP contribution in [-0.4, -0.2) is 28.2 Å². The molecule has 1 aliphatic carbocycles. The topological polar surface area (TPSA) is 90.5 Å². The van der Waals surface area contributed by atoms with Crippen molar-refractivity contribution in [1.82, 2.24) is 0 Å². The number of thiophene rings is 1. The molecule has 0 amide bonds. The number of allylic oxidation sites excluding steroid dienone is 2. The maximum atomic E-state index is 13.5. The van der Waals surface area contributed by atoms with Crippen molar-refractivity contribution in [3.05, 3.63) is 76.7 Å². The van der Waals surface area contributed by atoms with Crippen molar-refractivity contribution in [2.75, 3.05) is 0 Å². The molecule has 1 heterocycles. The number of nitrogens with zero attached hydrogens (tertiary/aromatic N) is 1. The molecule has 0 saturated carbocycles. The van der Waals surface area contributed by atoms with Gasteiger partial charge < -0.3 is 14.9 Å². The van der Waals surface area contributed by atoms with Crippen molar-refractivity contribution in [1.29, 1.82) is 5.26 Å². The van der Waals surface area contributed by atoms with E-state index in [4.69, 9.17) is 10.00 Å². The Labute approximate surface area is 177 Å². The number of aliphatic hydroxyl groups is 1. The number of hydrogen-bond donors (Lipinski definition) is 2. The fourth-order valence-corrected chi connectivity index (χ4v) is 4.60. The van der Waals surface area contributed by atoms with Gasteiger partial charge in [-0.2, -0.15) is 5.26 Å². The maximum absolute atomic E-state index is 13.5. The fraction of sp³-hybridized carbons (Fsp3) is 0.167. The van der Waals surface area contributed by atoms with E-state index in [0.717, 1.165) is 20.5 Å². The SMILES string of the molecule is CC(C#N)Oc1ccc(C(=O)c2c(C3=CCC(O)C=C3)sc3cc(O)ccc23)cc1. The molecule has 30 heavy (non-hydrogen) atoms. The first kappa shape index (κ1) is 19.9. The molecule has 0 aliphatic heterocycles. The van der Waals surface area contributed by atoms with Crippen LogP contribution in [0.3, 0.4) is 0 Å². The number of aliphatic hydroxyl groups excluding tert-OH is 1. The minimum atomic E-state index is -0.577. The summed E-state index contributed by atoms with van der Waals surface area (Å²) in [5.41, 5.74) is 1.95. The number of hydrogen-bond acceptors (Lipinski definition) is 6. The fourth-order valence-electron chi connectivity index (χ4n) is 3.35. The number of fused-ring (bicyclic) bond motifs is 1. The number of phenols is 1. The Bertz CT molecular complexity index is 1210. The Morgan fingerprint density at radius 2 is 2.03 bits per heavy atom. The van der Waals surface area contributed by atoms with Crippen molar-refractivity contribution in [3.8, 4) is 17.6 Å². The van der Waals surface area contributed by atoms with Crippen LogP contribution < -0.4 is 4.74 Å². The van der Waals surface area contributed by atoms with E-state index >= 15 is 0 Å². The molecular formula is C24H19NO4S. The molecule has 2 atom stereocenters. The monoisotopic (exact) mass is 417 g/mol. The Balaban J connectivity index is 1.77. The predicted octanol–water partition coefficient (Wildman–Crippen LogP) is 4.83. The zero-order valence-corrected chi connectivity index (χ0v) is 17.0. The number of ether oxygens (including phenoxy) is 1. The quantitative estimate of drug-likeness (QED) is 0.580. The number of benzene rings is 2. The van der Waals surface area contributed by atoms with Crippen LogP contribution in [0.2, 0.25) is 0 Å². The first-order chi connectivity index (χ1) is 14.5. The molecule has 0 saturated heterocycles. The number of rotatable bonds is 5. The number of carbonyl (C=O) groups excluding carboxylic acids is 1.